The van der Waals surface area contributed by atoms with E-state index in [9.17, 15) is 35.9 Å². The number of benzene rings is 2. The number of hydrogen-bond donors (Lipinski definition) is 1. The molecule has 2 fully saturated rings. The first-order chi connectivity index (χ1) is 18.0. The number of amides is 2. The first-order valence-corrected chi connectivity index (χ1v) is 12.7. The molecule has 1 saturated heterocycles. The topological polar surface area (TPSA) is 52.6 Å². The van der Waals surface area contributed by atoms with Gasteiger partial charge in [0.05, 0.1) is 22.5 Å². The maximum absolute atomic E-state index is 13.9. The second-order valence-electron chi connectivity index (χ2n) is 10.8. The summed E-state index contributed by atoms with van der Waals surface area (Å²) in [6.07, 6.45) is -7.29. The molecule has 0 spiro atoms. The first-order valence-electron chi connectivity index (χ1n) is 12.7. The van der Waals surface area contributed by atoms with E-state index in [-0.39, 0.29) is 31.1 Å². The zero-order valence-electron chi connectivity index (χ0n) is 22.1. The summed E-state index contributed by atoms with van der Waals surface area (Å²) in [5.74, 6) is -2.01. The summed E-state index contributed by atoms with van der Waals surface area (Å²) >= 11 is 0. The molecule has 0 radical (unpaired) electrons. The molecule has 1 saturated carbocycles. The molecule has 39 heavy (non-hydrogen) atoms. The minimum absolute atomic E-state index is 0.0141. The van der Waals surface area contributed by atoms with Crippen molar-refractivity contribution in [2.24, 2.45) is 11.3 Å². The van der Waals surface area contributed by atoms with Gasteiger partial charge in [-0.15, -0.1) is 0 Å². The van der Waals surface area contributed by atoms with E-state index in [1.54, 1.807) is 6.92 Å². The lowest BCUT2D eigenvalue weighted by molar-refractivity contribution is -0.143. The van der Waals surface area contributed by atoms with E-state index in [0.717, 1.165) is 30.4 Å². The van der Waals surface area contributed by atoms with Gasteiger partial charge in [-0.3, -0.25) is 9.59 Å². The molecule has 0 aromatic heterocycles. The van der Waals surface area contributed by atoms with Crippen LogP contribution in [0.1, 0.15) is 48.4 Å². The van der Waals surface area contributed by atoms with E-state index < -0.39 is 46.4 Å². The molecule has 5 nitrogen and oxygen atoms in total. The van der Waals surface area contributed by atoms with Gasteiger partial charge < -0.3 is 15.1 Å². The smallest absolute Gasteiger partial charge is 0.325 e. The third-order valence-corrected chi connectivity index (χ3v) is 8.14. The van der Waals surface area contributed by atoms with E-state index in [4.69, 9.17) is 0 Å². The second-order valence-corrected chi connectivity index (χ2v) is 10.8. The largest absolute Gasteiger partial charge is 0.416 e. The average molecular weight is 556 g/mol. The van der Waals surface area contributed by atoms with Gasteiger partial charge in [-0.25, -0.2) is 0 Å². The Kier molecular flexibility index (Phi) is 7.52. The average Bonchev–Trinajstić information content (AvgIpc) is 3.02. The van der Waals surface area contributed by atoms with Crippen LogP contribution in [0.25, 0.3) is 0 Å². The molecule has 2 aliphatic rings. The number of halogens is 6. The van der Waals surface area contributed by atoms with Crippen molar-refractivity contribution in [3.63, 3.8) is 0 Å². The van der Waals surface area contributed by atoms with Crippen LogP contribution in [0.5, 0.6) is 0 Å². The standard InChI is InChI=1S/C28H31F6N3O2/c1-16-7-5-8-17(2)23(16)37-15-26(18(3)24(37)38,14-36(4)22-9-6-10-22)25(39)35-21-12-19(27(29,30)31)11-20(13-21)28(32,33)34/h5,7-8,11-13,18,22H,6,9-10,14-15H2,1-4H3,(H,35,39)/t18-,26?/m1/s1. The van der Waals surface area contributed by atoms with Gasteiger partial charge in [0.2, 0.25) is 11.8 Å². The number of rotatable bonds is 6. The van der Waals surface area contributed by atoms with E-state index >= 15 is 0 Å². The lowest BCUT2D eigenvalue weighted by atomic mass is 9.76. The monoisotopic (exact) mass is 555 g/mol. The molecule has 1 heterocycles. The van der Waals surface area contributed by atoms with Crippen LogP contribution in [0.15, 0.2) is 36.4 Å². The molecule has 1 N–H and O–H groups in total. The Morgan fingerprint density at radius 2 is 1.56 bits per heavy atom. The predicted molar refractivity (Wildman–Crippen MR) is 135 cm³/mol. The molecule has 212 valence electrons. The number of carbonyl (C=O) groups excluding carboxylic acids is 2. The Balaban J connectivity index is 1.76. The Morgan fingerprint density at radius 3 is 2.03 bits per heavy atom. The highest BCUT2D eigenvalue weighted by Gasteiger charge is 2.56. The van der Waals surface area contributed by atoms with E-state index in [0.29, 0.717) is 17.8 Å². The summed E-state index contributed by atoms with van der Waals surface area (Å²) in [5, 5.41) is 2.34. The summed E-state index contributed by atoms with van der Waals surface area (Å²) in [6.45, 7) is 5.32. The summed E-state index contributed by atoms with van der Waals surface area (Å²) in [4.78, 5) is 31.1. The summed E-state index contributed by atoms with van der Waals surface area (Å²) in [6, 6.07) is 6.68. The number of anilines is 2. The molecule has 4 rings (SSSR count). The van der Waals surface area contributed by atoms with Gasteiger partial charge in [-0.1, -0.05) is 31.5 Å². The van der Waals surface area contributed by atoms with Crippen LogP contribution in [0.4, 0.5) is 37.7 Å². The van der Waals surface area contributed by atoms with Crippen molar-refractivity contribution in [1.29, 1.82) is 0 Å². The predicted octanol–water partition coefficient (Wildman–Crippen LogP) is 6.43. The fourth-order valence-electron chi connectivity index (χ4n) is 5.60. The van der Waals surface area contributed by atoms with E-state index in [2.05, 4.69) is 5.32 Å². The number of carbonyl (C=O) groups is 2. The summed E-state index contributed by atoms with van der Waals surface area (Å²) < 4.78 is 80.7. The van der Waals surface area contributed by atoms with Crippen LogP contribution < -0.4 is 10.2 Å². The number of alkyl halides is 6. The molecule has 2 aromatic carbocycles. The fourth-order valence-corrected chi connectivity index (χ4v) is 5.60. The molecule has 0 bridgehead atoms. The highest BCUT2D eigenvalue weighted by atomic mass is 19.4. The summed E-state index contributed by atoms with van der Waals surface area (Å²) in [7, 11) is 1.82. The maximum Gasteiger partial charge on any atom is 0.416 e. The quantitative estimate of drug-likeness (QED) is 0.418. The molecule has 2 aromatic rings. The zero-order chi connectivity index (χ0) is 28.9. The SMILES string of the molecule is Cc1cccc(C)c1N1CC(CN(C)C2CCC2)(C(=O)Nc2cc(C(F)(F)F)cc(C(F)(F)F)c2)[C@H](C)C1=O. The van der Waals surface area contributed by atoms with Gasteiger partial charge in [0.25, 0.3) is 0 Å². The molecule has 11 heteroatoms. The molecule has 1 aliphatic heterocycles. The highest BCUT2D eigenvalue weighted by molar-refractivity contribution is 6.08. The Hall–Kier alpha value is -3.08. The number of nitrogens with zero attached hydrogens (tertiary/aromatic N) is 2. The number of nitrogens with one attached hydrogen (secondary N) is 1. The van der Waals surface area contributed by atoms with Gasteiger partial charge in [-0.05, 0) is 63.1 Å². The van der Waals surface area contributed by atoms with Crippen LogP contribution >= 0.6 is 0 Å². The Labute approximate surface area is 223 Å². The third-order valence-electron chi connectivity index (χ3n) is 8.14. The molecule has 1 aliphatic carbocycles. The summed E-state index contributed by atoms with van der Waals surface area (Å²) in [5.41, 5.74) is -2.84. The van der Waals surface area contributed by atoms with Crippen molar-refractivity contribution in [2.75, 3.05) is 30.4 Å². The van der Waals surface area contributed by atoms with Gasteiger partial charge in [0.15, 0.2) is 0 Å². The lowest BCUT2D eigenvalue weighted by Crippen LogP contribution is -2.53. The van der Waals surface area contributed by atoms with Crippen LogP contribution in [0, 0.1) is 25.2 Å². The van der Waals surface area contributed by atoms with Gasteiger partial charge in [0, 0.05) is 30.5 Å². The van der Waals surface area contributed by atoms with Crippen LogP contribution in [0.2, 0.25) is 0 Å². The van der Waals surface area contributed by atoms with Gasteiger partial charge >= 0.3 is 12.4 Å². The Morgan fingerprint density at radius 1 is 1.03 bits per heavy atom. The normalized spacial score (nSPS) is 22.4. The second kappa shape index (κ2) is 10.1. The maximum atomic E-state index is 13.9. The van der Waals surface area contributed by atoms with Crippen molar-refractivity contribution in [3.8, 4) is 0 Å². The van der Waals surface area contributed by atoms with Gasteiger partial charge in [-0.2, -0.15) is 26.3 Å². The van der Waals surface area contributed by atoms with Crippen LogP contribution in [0.3, 0.4) is 0 Å². The van der Waals surface area contributed by atoms with Crippen LogP contribution in [-0.4, -0.2) is 42.9 Å². The zero-order valence-corrected chi connectivity index (χ0v) is 22.1. The fraction of sp³-hybridized carbons (Fsp3) is 0.500. The molecule has 2 atom stereocenters. The molecular formula is C28H31F6N3O2. The minimum atomic E-state index is -5.06. The number of para-hydroxylation sites is 1. The Bertz CT molecular complexity index is 1220. The third kappa shape index (κ3) is 5.50. The molecular weight excluding hydrogens is 524 g/mol. The minimum Gasteiger partial charge on any atom is -0.325 e. The lowest BCUT2D eigenvalue weighted by Gasteiger charge is -2.41. The van der Waals surface area contributed by atoms with Gasteiger partial charge in [0.1, 0.15) is 0 Å². The first kappa shape index (κ1) is 28.9. The van der Waals surface area contributed by atoms with Crippen molar-refractivity contribution in [2.45, 2.75) is 58.4 Å². The van der Waals surface area contributed by atoms with Crippen molar-refractivity contribution in [3.05, 3.63) is 58.7 Å². The van der Waals surface area contributed by atoms with E-state index in [1.165, 1.54) is 4.90 Å². The molecule has 2 amide bonds. The van der Waals surface area contributed by atoms with Crippen molar-refractivity contribution < 1.29 is 35.9 Å². The van der Waals surface area contributed by atoms with Crippen molar-refractivity contribution in [1.82, 2.24) is 4.90 Å². The van der Waals surface area contributed by atoms with Crippen molar-refractivity contribution >= 4 is 23.2 Å². The van der Waals surface area contributed by atoms with Crippen LogP contribution in [-0.2, 0) is 21.9 Å². The number of hydrogen-bond acceptors (Lipinski definition) is 3. The van der Waals surface area contributed by atoms with E-state index in [1.807, 2.05) is 44.0 Å². The molecule has 1 unspecified atom stereocenters. The number of aryl methyl sites for hydroxylation is 2. The highest BCUT2D eigenvalue weighted by Crippen LogP contribution is 2.44.